The van der Waals surface area contributed by atoms with Crippen molar-refractivity contribution in [2.45, 2.75) is 12.8 Å². The molecule has 0 saturated heterocycles. The van der Waals surface area contributed by atoms with E-state index in [0.717, 1.165) is 5.56 Å². The zero-order chi connectivity index (χ0) is 9.97. The van der Waals surface area contributed by atoms with Crippen LogP contribution in [0.5, 0.6) is 0 Å². The van der Waals surface area contributed by atoms with Crippen molar-refractivity contribution in [3.63, 3.8) is 0 Å². The van der Waals surface area contributed by atoms with Gasteiger partial charge in [0.2, 0.25) is 0 Å². The highest BCUT2D eigenvalue weighted by molar-refractivity contribution is 7.10. The standard InChI is InChI=1S/C12H11FS/c1-9(12-3-2-8-14-12)10-4-6-11(13)7-5-10/h2-9H,1H3. The van der Waals surface area contributed by atoms with Crippen LogP contribution in [0.4, 0.5) is 4.39 Å². The van der Waals surface area contributed by atoms with E-state index >= 15 is 0 Å². The third-order valence-corrected chi connectivity index (χ3v) is 3.39. The van der Waals surface area contributed by atoms with Gasteiger partial charge < -0.3 is 0 Å². The molecular formula is C12H11FS. The molecule has 0 spiro atoms. The van der Waals surface area contributed by atoms with Crippen LogP contribution < -0.4 is 0 Å². The fraction of sp³-hybridized carbons (Fsp3) is 0.167. The first-order valence-corrected chi connectivity index (χ1v) is 5.44. The van der Waals surface area contributed by atoms with E-state index in [9.17, 15) is 4.39 Å². The molecule has 0 aliphatic heterocycles. The quantitative estimate of drug-likeness (QED) is 0.695. The van der Waals surface area contributed by atoms with Crippen LogP contribution in [0.1, 0.15) is 23.3 Å². The van der Waals surface area contributed by atoms with Gasteiger partial charge in [0.05, 0.1) is 0 Å². The van der Waals surface area contributed by atoms with Gasteiger partial charge in [0.1, 0.15) is 5.82 Å². The summed E-state index contributed by atoms with van der Waals surface area (Å²) in [6.07, 6.45) is 0. The van der Waals surface area contributed by atoms with Crippen LogP contribution in [0.15, 0.2) is 41.8 Å². The number of hydrogen-bond acceptors (Lipinski definition) is 1. The van der Waals surface area contributed by atoms with Crippen LogP contribution in [0.2, 0.25) is 0 Å². The molecule has 2 rings (SSSR count). The third kappa shape index (κ3) is 1.85. The summed E-state index contributed by atoms with van der Waals surface area (Å²) < 4.78 is 12.7. The second-order valence-electron chi connectivity index (χ2n) is 3.29. The average molecular weight is 206 g/mol. The first-order valence-electron chi connectivity index (χ1n) is 4.56. The average Bonchev–Trinajstić information content (AvgIpc) is 2.71. The lowest BCUT2D eigenvalue weighted by atomic mass is 10.00. The SMILES string of the molecule is CC(c1ccc(F)cc1)c1cccs1. The first-order chi connectivity index (χ1) is 6.77. The van der Waals surface area contributed by atoms with E-state index in [2.05, 4.69) is 18.4 Å². The van der Waals surface area contributed by atoms with Gasteiger partial charge in [-0.15, -0.1) is 11.3 Å². The summed E-state index contributed by atoms with van der Waals surface area (Å²) in [7, 11) is 0. The fourth-order valence-electron chi connectivity index (χ4n) is 1.45. The van der Waals surface area contributed by atoms with Crippen molar-refractivity contribution in [1.29, 1.82) is 0 Å². The molecule has 2 aromatic rings. The Kier molecular flexibility index (Phi) is 2.64. The molecule has 0 amide bonds. The molecule has 14 heavy (non-hydrogen) atoms. The molecular weight excluding hydrogens is 195 g/mol. The van der Waals surface area contributed by atoms with Gasteiger partial charge in [-0.25, -0.2) is 4.39 Å². The van der Waals surface area contributed by atoms with Gasteiger partial charge in [-0.1, -0.05) is 25.1 Å². The van der Waals surface area contributed by atoms with Crippen molar-refractivity contribution in [3.05, 3.63) is 58.0 Å². The van der Waals surface area contributed by atoms with Crippen molar-refractivity contribution in [2.24, 2.45) is 0 Å². The second-order valence-corrected chi connectivity index (χ2v) is 4.27. The molecule has 1 atom stereocenters. The number of halogens is 1. The van der Waals surface area contributed by atoms with E-state index in [0.29, 0.717) is 5.92 Å². The summed E-state index contributed by atoms with van der Waals surface area (Å²) in [5.74, 6) is 0.183. The Labute approximate surface area is 87.0 Å². The number of hydrogen-bond donors (Lipinski definition) is 0. The van der Waals surface area contributed by atoms with Crippen molar-refractivity contribution < 1.29 is 4.39 Å². The molecule has 1 unspecified atom stereocenters. The van der Waals surface area contributed by atoms with E-state index in [-0.39, 0.29) is 5.82 Å². The van der Waals surface area contributed by atoms with Crippen LogP contribution >= 0.6 is 11.3 Å². The van der Waals surface area contributed by atoms with Crippen LogP contribution in [0.25, 0.3) is 0 Å². The largest absolute Gasteiger partial charge is 0.207 e. The summed E-state index contributed by atoms with van der Waals surface area (Å²) in [6.45, 7) is 2.14. The Morgan fingerprint density at radius 3 is 2.43 bits per heavy atom. The molecule has 0 radical (unpaired) electrons. The lowest BCUT2D eigenvalue weighted by Gasteiger charge is -2.08. The summed E-state index contributed by atoms with van der Waals surface area (Å²) in [4.78, 5) is 1.32. The molecule has 0 fully saturated rings. The Morgan fingerprint density at radius 2 is 1.86 bits per heavy atom. The van der Waals surface area contributed by atoms with Gasteiger partial charge in [0, 0.05) is 10.8 Å². The highest BCUT2D eigenvalue weighted by atomic mass is 32.1. The molecule has 0 bridgehead atoms. The second kappa shape index (κ2) is 3.93. The molecule has 1 aromatic carbocycles. The maximum absolute atomic E-state index is 12.7. The Hall–Kier alpha value is -1.15. The van der Waals surface area contributed by atoms with Crippen molar-refractivity contribution in [3.8, 4) is 0 Å². The molecule has 0 aliphatic rings. The monoisotopic (exact) mass is 206 g/mol. The van der Waals surface area contributed by atoms with Gasteiger partial charge in [0.25, 0.3) is 0 Å². The molecule has 1 aromatic heterocycles. The number of rotatable bonds is 2. The summed E-state index contributed by atoms with van der Waals surface area (Å²) in [6, 6.07) is 10.9. The number of thiophene rings is 1. The third-order valence-electron chi connectivity index (χ3n) is 2.34. The highest BCUT2D eigenvalue weighted by Gasteiger charge is 2.08. The van der Waals surface area contributed by atoms with Crippen molar-refractivity contribution in [1.82, 2.24) is 0 Å². The van der Waals surface area contributed by atoms with Gasteiger partial charge in [-0.2, -0.15) is 0 Å². The summed E-state index contributed by atoms with van der Waals surface area (Å²) in [5, 5.41) is 2.06. The smallest absolute Gasteiger partial charge is 0.123 e. The molecule has 0 nitrogen and oxygen atoms in total. The van der Waals surface area contributed by atoms with Crippen LogP contribution in [-0.2, 0) is 0 Å². The van der Waals surface area contributed by atoms with Crippen LogP contribution in [0.3, 0.4) is 0 Å². The molecule has 0 N–H and O–H groups in total. The van der Waals surface area contributed by atoms with Crippen molar-refractivity contribution >= 4 is 11.3 Å². The van der Waals surface area contributed by atoms with Gasteiger partial charge in [0.15, 0.2) is 0 Å². The predicted molar refractivity (Wildman–Crippen MR) is 58.2 cm³/mol. The van der Waals surface area contributed by atoms with Gasteiger partial charge in [-0.05, 0) is 29.1 Å². The zero-order valence-electron chi connectivity index (χ0n) is 7.91. The van der Waals surface area contributed by atoms with E-state index in [1.165, 1.54) is 17.0 Å². The van der Waals surface area contributed by atoms with Crippen LogP contribution in [-0.4, -0.2) is 0 Å². The Morgan fingerprint density at radius 1 is 1.14 bits per heavy atom. The topological polar surface area (TPSA) is 0 Å². The Balaban J connectivity index is 2.28. The fourth-order valence-corrected chi connectivity index (χ4v) is 2.26. The van der Waals surface area contributed by atoms with Gasteiger partial charge >= 0.3 is 0 Å². The summed E-state index contributed by atoms with van der Waals surface area (Å²) >= 11 is 1.74. The normalized spacial score (nSPS) is 12.7. The van der Waals surface area contributed by atoms with Crippen molar-refractivity contribution in [2.75, 3.05) is 0 Å². The first kappa shape index (κ1) is 9.41. The molecule has 2 heteroatoms. The maximum Gasteiger partial charge on any atom is 0.123 e. The molecule has 0 aliphatic carbocycles. The van der Waals surface area contributed by atoms with Gasteiger partial charge in [-0.3, -0.25) is 0 Å². The minimum absolute atomic E-state index is 0.174. The highest BCUT2D eigenvalue weighted by Crippen LogP contribution is 2.27. The minimum Gasteiger partial charge on any atom is -0.207 e. The zero-order valence-corrected chi connectivity index (χ0v) is 8.72. The molecule has 0 saturated carbocycles. The van der Waals surface area contributed by atoms with E-state index < -0.39 is 0 Å². The van der Waals surface area contributed by atoms with E-state index in [1.54, 1.807) is 11.3 Å². The molecule has 1 heterocycles. The summed E-state index contributed by atoms with van der Waals surface area (Å²) in [5.41, 5.74) is 1.16. The lowest BCUT2D eigenvalue weighted by molar-refractivity contribution is 0.626. The number of benzene rings is 1. The maximum atomic E-state index is 12.7. The van der Waals surface area contributed by atoms with E-state index in [1.807, 2.05) is 18.2 Å². The van der Waals surface area contributed by atoms with E-state index in [4.69, 9.17) is 0 Å². The molecule has 72 valence electrons. The Bertz CT molecular complexity index is 389. The minimum atomic E-state index is -0.174. The lowest BCUT2D eigenvalue weighted by Crippen LogP contribution is -1.92. The predicted octanol–water partition coefficient (Wildman–Crippen LogP) is 4.04. The van der Waals surface area contributed by atoms with Crippen LogP contribution in [0, 0.1) is 5.82 Å².